The molecule has 1 aliphatic heterocycles. The summed E-state index contributed by atoms with van der Waals surface area (Å²) in [4.78, 5) is 37.3. The molecule has 3 amide bonds. The Labute approximate surface area is 177 Å². The van der Waals surface area contributed by atoms with Crippen LogP contribution in [-0.2, 0) is 14.4 Å². The number of hydrogen-bond acceptors (Lipinski definition) is 3. The topological polar surface area (TPSA) is 78.5 Å². The molecule has 0 radical (unpaired) electrons. The summed E-state index contributed by atoms with van der Waals surface area (Å²) < 4.78 is 0.885. The van der Waals surface area contributed by atoms with Crippen LogP contribution in [0.4, 0.5) is 11.4 Å². The van der Waals surface area contributed by atoms with Crippen molar-refractivity contribution in [3.8, 4) is 11.8 Å². The highest BCUT2D eigenvalue weighted by molar-refractivity contribution is 9.10. The summed E-state index contributed by atoms with van der Waals surface area (Å²) in [5.41, 5.74) is 2.27. The summed E-state index contributed by atoms with van der Waals surface area (Å²) in [7, 11) is 0. The van der Waals surface area contributed by atoms with Crippen molar-refractivity contribution >= 4 is 45.0 Å². The number of nitrogens with one attached hydrogen (secondary N) is 2. The maximum atomic E-state index is 12.4. The number of benzene rings is 2. The molecular formula is C22H20BrN3O3. The van der Waals surface area contributed by atoms with Crippen LogP contribution in [0.3, 0.4) is 0 Å². The zero-order valence-electron chi connectivity index (χ0n) is 15.9. The van der Waals surface area contributed by atoms with Crippen LogP contribution < -0.4 is 15.5 Å². The van der Waals surface area contributed by atoms with E-state index < -0.39 is 0 Å². The van der Waals surface area contributed by atoms with E-state index in [1.54, 1.807) is 29.2 Å². The van der Waals surface area contributed by atoms with Gasteiger partial charge in [-0.25, -0.2) is 0 Å². The third-order valence-electron chi connectivity index (χ3n) is 4.40. The number of halogens is 1. The lowest BCUT2D eigenvalue weighted by atomic mass is 10.1. The van der Waals surface area contributed by atoms with Gasteiger partial charge in [0.2, 0.25) is 17.7 Å². The van der Waals surface area contributed by atoms with Gasteiger partial charge in [-0.1, -0.05) is 33.8 Å². The maximum Gasteiger partial charge on any atom is 0.227 e. The number of rotatable bonds is 4. The van der Waals surface area contributed by atoms with E-state index in [9.17, 15) is 14.4 Å². The Kier molecular flexibility index (Phi) is 6.68. The van der Waals surface area contributed by atoms with Crippen molar-refractivity contribution in [1.29, 1.82) is 0 Å². The predicted octanol–water partition coefficient (Wildman–Crippen LogP) is 2.93. The fraction of sp³-hybridized carbons (Fsp3) is 0.227. The minimum atomic E-state index is -0.389. The van der Waals surface area contributed by atoms with Crippen molar-refractivity contribution in [2.75, 3.05) is 23.3 Å². The van der Waals surface area contributed by atoms with Gasteiger partial charge in [0.05, 0.1) is 12.5 Å². The lowest BCUT2D eigenvalue weighted by molar-refractivity contribution is -0.126. The third-order valence-corrected chi connectivity index (χ3v) is 4.90. The lowest BCUT2D eigenvalue weighted by Gasteiger charge is -2.16. The van der Waals surface area contributed by atoms with Crippen LogP contribution >= 0.6 is 15.9 Å². The summed E-state index contributed by atoms with van der Waals surface area (Å²) in [6, 6.07) is 14.6. The molecule has 1 heterocycles. The van der Waals surface area contributed by atoms with Gasteiger partial charge >= 0.3 is 0 Å². The van der Waals surface area contributed by atoms with Gasteiger partial charge in [-0.3, -0.25) is 14.4 Å². The van der Waals surface area contributed by atoms with Gasteiger partial charge in [0.1, 0.15) is 0 Å². The van der Waals surface area contributed by atoms with E-state index in [1.807, 2.05) is 24.3 Å². The number of amides is 3. The number of carbonyl (C=O) groups excluding carboxylic acids is 3. The van der Waals surface area contributed by atoms with Gasteiger partial charge in [0.25, 0.3) is 0 Å². The average molecular weight is 454 g/mol. The van der Waals surface area contributed by atoms with E-state index in [1.165, 1.54) is 6.92 Å². The molecule has 2 aromatic rings. The predicted molar refractivity (Wildman–Crippen MR) is 115 cm³/mol. The Morgan fingerprint density at radius 3 is 2.66 bits per heavy atom. The van der Waals surface area contributed by atoms with Crippen molar-refractivity contribution < 1.29 is 14.4 Å². The highest BCUT2D eigenvalue weighted by Gasteiger charge is 2.34. The first-order valence-corrected chi connectivity index (χ1v) is 9.92. The molecular weight excluding hydrogens is 434 g/mol. The number of anilines is 2. The van der Waals surface area contributed by atoms with E-state index in [0.29, 0.717) is 12.2 Å². The molecule has 1 unspecified atom stereocenters. The minimum absolute atomic E-state index is 0.0615. The van der Waals surface area contributed by atoms with E-state index in [4.69, 9.17) is 0 Å². The second kappa shape index (κ2) is 9.39. The molecule has 1 saturated heterocycles. The second-order valence-corrected chi connectivity index (χ2v) is 7.58. The molecule has 0 spiro atoms. The molecule has 1 atom stereocenters. The molecule has 0 bridgehead atoms. The number of nitrogens with zero attached hydrogens (tertiary/aromatic N) is 1. The maximum absolute atomic E-state index is 12.4. The molecule has 3 rings (SSSR count). The molecule has 0 aromatic heterocycles. The molecule has 0 saturated carbocycles. The van der Waals surface area contributed by atoms with Crippen molar-refractivity contribution in [2.24, 2.45) is 5.92 Å². The Bertz CT molecular complexity index is 992. The van der Waals surface area contributed by atoms with E-state index in [2.05, 4.69) is 38.4 Å². The zero-order valence-corrected chi connectivity index (χ0v) is 17.5. The molecule has 0 aliphatic carbocycles. The van der Waals surface area contributed by atoms with Crippen LogP contribution in [0, 0.1) is 17.8 Å². The van der Waals surface area contributed by atoms with Gasteiger partial charge in [0, 0.05) is 41.3 Å². The molecule has 29 heavy (non-hydrogen) atoms. The van der Waals surface area contributed by atoms with E-state index in [0.717, 1.165) is 15.7 Å². The molecule has 6 nitrogen and oxygen atoms in total. The summed E-state index contributed by atoms with van der Waals surface area (Å²) in [6.45, 7) is 2.01. The summed E-state index contributed by atoms with van der Waals surface area (Å²) in [6.07, 6.45) is 0.191. The van der Waals surface area contributed by atoms with Gasteiger partial charge in [-0.2, -0.15) is 0 Å². The number of carbonyl (C=O) groups is 3. The van der Waals surface area contributed by atoms with Crippen molar-refractivity contribution in [2.45, 2.75) is 13.3 Å². The van der Waals surface area contributed by atoms with E-state index >= 15 is 0 Å². The Morgan fingerprint density at radius 1 is 1.21 bits per heavy atom. The lowest BCUT2D eigenvalue weighted by Crippen LogP contribution is -2.33. The zero-order chi connectivity index (χ0) is 20.8. The smallest absolute Gasteiger partial charge is 0.227 e. The van der Waals surface area contributed by atoms with Crippen molar-refractivity contribution in [3.63, 3.8) is 0 Å². The van der Waals surface area contributed by atoms with Gasteiger partial charge in [-0.05, 0) is 42.5 Å². The molecule has 1 aliphatic rings. The average Bonchev–Trinajstić information content (AvgIpc) is 3.08. The van der Waals surface area contributed by atoms with Crippen molar-refractivity contribution in [1.82, 2.24) is 5.32 Å². The van der Waals surface area contributed by atoms with Gasteiger partial charge in [0.15, 0.2) is 0 Å². The van der Waals surface area contributed by atoms with Crippen LogP contribution in [0.5, 0.6) is 0 Å². The number of hydrogen-bond donors (Lipinski definition) is 2. The Balaban J connectivity index is 1.51. The minimum Gasteiger partial charge on any atom is -0.345 e. The molecule has 148 valence electrons. The summed E-state index contributed by atoms with van der Waals surface area (Å²) in [5, 5.41) is 5.47. The van der Waals surface area contributed by atoms with Gasteiger partial charge < -0.3 is 15.5 Å². The Morgan fingerprint density at radius 2 is 1.97 bits per heavy atom. The third kappa shape index (κ3) is 5.69. The normalized spacial score (nSPS) is 15.4. The second-order valence-electron chi connectivity index (χ2n) is 6.66. The van der Waals surface area contributed by atoms with Crippen LogP contribution in [0.25, 0.3) is 0 Å². The van der Waals surface area contributed by atoms with E-state index in [-0.39, 0.29) is 36.6 Å². The quantitative estimate of drug-likeness (QED) is 0.698. The molecule has 7 heteroatoms. The highest BCUT2D eigenvalue weighted by atomic mass is 79.9. The standard InChI is InChI=1S/C22H20BrN3O3/c1-15(27)25-19-9-7-16(8-10-19)4-3-11-24-22(29)17-12-21(28)26(14-17)20-6-2-5-18(23)13-20/h2,5-10,13,17H,11-12,14H2,1H3,(H,24,29)(H,25,27). The molecule has 2 N–H and O–H groups in total. The van der Waals surface area contributed by atoms with Crippen LogP contribution in [-0.4, -0.2) is 30.8 Å². The SMILES string of the molecule is CC(=O)Nc1ccc(C#CCNC(=O)C2CC(=O)N(c3cccc(Br)c3)C2)cc1. The summed E-state index contributed by atoms with van der Waals surface area (Å²) in [5.74, 6) is 5.11. The van der Waals surface area contributed by atoms with Crippen molar-refractivity contribution in [3.05, 3.63) is 58.6 Å². The fourth-order valence-corrected chi connectivity index (χ4v) is 3.43. The van der Waals surface area contributed by atoms with Gasteiger partial charge in [-0.15, -0.1) is 0 Å². The largest absolute Gasteiger partial charge is 0.345 e. The van der Waals surface area contributed by atoms with Crippen LogP contribution in [0.15, 0.2) is 53.0 Å². The Hall–Kier alpha value is -3.11. The van der Waals surface area contributed by atoms with Crippen LogP contribution in [0.1, 0.15) is 18.9 Å². The summed E-state index contributed by atoms with van der Waals surface area (Å²) >= 11 is 3.40. The monoisotopic (exact) mass is 453 g/mol. The first-order valence-electron chi connectivity index (χ1n) is 9.12. The van der Waals surface area contributed by atoms with Crippen LogP contribution in [0.2, 0.25) is 0 Å². The fourth-order valence-electron chi connectivity index (χ4n) is 3.04. The molecule has 2 aromatic carbocycles. The molecule has 1 fully saturated rings. The highest BCUT2D eigenvalue weighted by Crippen LogP contribution is 2.27. The first-order chi connectivity index (χ1) is 13.9. The first kappa shape index (κ1) is 20.6.